The van der Waals surface area contributed by atoms with Crippen molar-refractivity contribution >= 4 is 0 Å². The average molecular weight is 247 g/mol. The van der Waals surface area contributed by atoms with E-state index in [4.69, 9.17) is 4.42 Å². The molecule has 0 radical (unpaired) electrons. The minimum absolute atomic E-state index is 0.382. The summed E-state index contributed by atoms with van der Waals surface area (Å²) in [4.78, 5) is 0. The van der Waals surface area contributed by atoms with E-state index >= 15 is 0 Å². The molecule has 2 aliphatic rings. The van der Waals surface area contributed by atoms with Crippen LogP contribution >= 0.6 is 0 Å². The molecule has 18 heavy (non-hydrogen) atoms. The maximum Gasteiger partial charge on any atom is 0.117 e. The molecule has 2 bridgehead atoms. The predicted molar refractivity (Wildman–Crippen MR) is 73.2 cm³/mol. The summed E-state index contributed by atoms with van der Waals surface area (Å²) in [6.45, 7) is 5.73. The molecule has 2 fully saturated rings. The van der Waals surface area contributed by atoms with Crippen molar-refractivity contribution in [2.75, 3.05) is 0 Å². The van der Waals surface area contributed by atoms with Crippen LogP contribution in [0.1, 0.15) is 51.7 Å². The molecule has 2 atom stereocenters. The summed E-state index contributed by atoms with van der Waals surface area (Å²) in [6.07, 6.45) is 8.71. The maximum absolute atomic E-state index is 5.45. The highest BCUT2D eigenvalue weighted by Gasteiger charge is 2.43. The maximum atomic E-state index is 5.45. The van der Waals surface area contributed by atoms with E-state index in [-0.39, 0.29) is 0 Å². The summed E-state index contributed by atoms with van der Waals surface area (Å²) in [5.41, 5.74) is 0.382. The molecule has 1 aromatic heterocycles. The summed E-state index contributed by atoms with van der Waals surface area (Å²) in [7, 11) is 0. The van der Waals surface area contributed by atoms with Gasteiger partial charge in [-0.3, -0.25) is 0 Å². The molecule has 1 heterocycles. The van der Waals surface area contributed by atoms with Crippen LogP contribution in [0.2, 0.25) is 0 Å². The molecule has 2 aliphatic carbocycles. The second-order valence-corrected chi connectivity index (χ2v) is 6.87. The van der Waals surface area contributed by atoms with Gasteiger partial charge in [0.2, 0.25) is 0 Å². The third kappa shape index (κ3) is 2.49. The van der Waals surface area contributed by atoms with Crippen LogP contribution in [0, 0.1) is 17.8 Å². The van der Waals surface area contributed by atoms with Crippen molar-refractivity contribution in [2.24, 2.45) is 17.8 Å². The molecule has 3 rings (SSSR count). The Bertz CT molecular complexity index is 364. The smallest absolute Gasteiger partial charge is 0.117 e. The molecule has 0 aromatic carbocycles. The summed E-state index contributed by atoms with van der Waals surface area (Å²) in [5, 5.41) is 3.84. The Balaban J connectivity index is 1.70. The first-order chi connectivity index (χ1) is 8.65. The first kappa shape index (κ1) is 12.3. The quantitative estimate of drug-likeness (QED) is 0.874. The fraction of sp³-hybridized carbons (Fsp3) is 0.750. The van der Waals surface area contributed by atoms with E-state index in [1.54, 1.807) is 6.26 Å². The number of rotatable bonds is 3. The molecule has 0 aliphatic heterocycles. The van der Waals surface area contributed by atoms with Gasteiger partial charge in [-0.25, -0.2) is 0 Å². The fourth-order valence-corrected chi connectivity index (χ4v) is 4.61. The molecule has 0 saturated heterocycles. The van der Waals surface area contributed by atoms with Crippen LogP contribution in [0.3, 0.4) is 0 Å². The van der Waals surface area contributed by atoms with Crippen LogP contribution in [-0.2, 0) is 6.54 Å². The van der Waals surface area contributed by atoms with E-state index in [0.29, 0.717) is 5.54 Å². The van der Waals surface area contributed by atoms with Gasteiger partial charge in [0, 0.05) is 5.54 Å². The van der Waals surface area contributed by atoms with E-state index in [2.05, 4.69) is 25.2 Å². The molecule has 2 unspecified atom stereocenters. The number of nitrogens with one attached hydrogen (secondary N) is 1. The second kappa shape index (κ2) is 4.73. The van der Waals surface area contributed by atoms with Gasteiger partial charge in [0.1, 0.15) is 5.76 Å². The molecular weight excluding hydrogens is 222 g/mol. The van der Waals surface area contributed by atoms with Crippen molar-refractivity contribution in [1.29, 1.82) is 0 Å². The Kier molecular flexibility index (Phi) is 3.23. The van der Waals surface area contributed by atoms with E-state index in [1.807, 2.05) is 6.07 Å². The summed E-state index contributed by atoms with van der Waals surface area (Å²) < 4.78 is 5.45. The molecule has 1 N–H and O–H groups in total. The topological polar surface area (TPSA) is 25.2 Å². The third-order valence-corrected chi connectivity index (χ3v) is 4.85. The number of furan rings is 1. The Morgan fingerprint density at radius 1 is 1.22 bits per heavy atom. The van der Waals surface area contributed by atoms with Crippen LogP contribution < -0.4 is 5.32 Å². The lowest BCUT2D eigenvalue weighted by Gasteiger charge is -2.50. The summed E-state index contributed by atoms with van der Waals surface area (Å²) in [5.74, 6) is 3.76. The van der Waals surface area contributed by atoms with E-state index in [0.717, 1.165) is 30.1 Å². The molecule has 1 aromatic rings. The zero-order chi connectivity index (χ0) is 12.6. The number of hydrogen-bond donors (Lipinski definition) is 1. The van der Waals surface area contributed by atoms with Crippen LogP contribution in [0.25, 0.3) is 0 Å². The Labute approximate surface area is 110 Å². The first-order valence-corrected chi connectivity index (χ1v) is 7.43. The largest absolute Gasteiger partial charge is 0.468 e. The van der Waals surface area contributed by atoms with Crippen molar-refractivity contribution in [3.05, 3.63) is 24.2 Å². The Morgan fingerprint density at radius 3 is 2.56 bits per heavy atom. The van der Waals surface area contributed by atoms with Gasteiger partial charge in [-0.05, 0) is 62.0 Å². The molecule has 100 valence electrons. The van der Waals surface area contributed by atoms with Crippen LogP contribution in [0.4, 0.5) is 0 Å². The Morgan fingerprint density at radius 2 is 1.94 bits per heavy atom. The lowest BCUT2D eigenvalue weighted by Crippen LogP contribution is -2.54. The first-order valence-electron chi connectivity index (χ1n) is 7.43. The van der Waals surface area contributed by atoms with Crippen LogP contribution in [0.15, 0.2) is 22.8 Å². The SMILES string of the molecule is CC1CC2CC(C)CC(NCc3ccco3)(C1)C2. The van der Waals surface area contributed by atoms with Crippen molar-refractivity contribution in [3.8, 4) is 0 Å². The molecule has 0 spiro atoms. The third-order valence-electron chi connectivity index (χ3n) is 4.85. The summed E-state index contributed by atoms with van der Waals surface area (Å²) >= 11 is 0. The predicted octanol–water partition coefficient (Wildman–Crippen LogP) is 3.97. The zero-order valence-electron chi connectivity index (χ0n) is 11.6. The van der Waals surface area contributed by atoms with Crippen molar-refractivity contribution < 1.29 is 4.42 Å². The van der Waals surface area contributed by atoms with E-state index in [1.165, 1.54) is 32.1 Å². The molecule has 2 saturated carbocycles. The standard InChI is InChI=1S/C16H25NO/c1-12-6-14-7-13(2)9-16(8-12,10-14)17-11-15-4-3-5-18-15/h3-5,12-14,17H,6-11H2,1-2H3. The van der Waals surface area contributed by atoms with Gasteiger partial charge in [0.15, 0.2) is 0 Å². The van der Waals surface area contributed by atoms with Crippen molar-refractivity contribution in [3.63, 3.8) is 0 Å². The van der Waals surface area contributed by atoms with Crippen molar-refractivity contribution in [1.82, 2.24) is 5.32 Å². The van der Waals surface area contributed by atoms with E-state index < -0.39 is 0 Å². The van der Waals surface area contributed by atoms with E-state index in [9.17, 15) is 0 Å². The normalized spacial score (nSPS) is 39.8. The highest BCUT2D eigenvalue weighted by Crippen LogP contribution is 2.47. The lowest BCUT2D eigenvalue weighted by atomic mass is 9.61. The minimum atomic E-state index is 0.382. The molecule has 2 nitrogen and oxygen atoms in total. The zero-order valence-corrected chi connectivity index (χ0v) is 11.6. The minimum Gasteiger partial charge on any atom is -0.468 e. The fourth-order valence-electron chi connectivity index (χ4n) is 4.61. The van der Waals surface area contributed by atoms with Gasteiger partial charge in [-0.2, -0.15) is 0 Å². The van der Waals surface area contributed by atoms with Gasteiger partial charge < -0.3 is 9.73 Å². The van der Waals surface area contributed by atoms with Crippen LogP contribution in [0.5, 0.6) is 0 Å². The lowest BCUT2D eigenvalue weighted by molar-refractivity contribution is 0.0529. The molecule has 2 heteroatoms. The molecular formula is C16H25NO. The van der Waals surface area contributed by atoms with Gasteiger partial charge in [-0.15, -0.1) is 0 Å². The van der Waals surface area contributed by atoms with Gasteiger partial charge in [-0.1, -0.05) is 13.8 Å². The van der Waals surface area contributed by atoms with Gasteiger partial charge in [0.05, 0.1) is 12.8 Å². The molecule has 0 amide bonds. The highest BCUT2D eigenvalue weighted by molar-refractivity contribution is 5.04. The monoisotopic (exact) mass is 247 g/mol. The van der Waals surface area contributed by atoms with Gasteiger partial charge in [0.25, 0.3) is 0 Å². The Hall–Kier alpha value is -0.760. The highest BCUT2D eigenvalue weighted by atomic mass is 16.3. The number of hydrogen-bond acceptors (Lipinski definition) is 2. The van der Waals surface area contributed by atoms with Crippen LogP contribution in [-0.4, -0.2) is 5.54 Å². The summed E-state index contributed by atoms with van der Waals surface area (Å²) in [6, 6.07) is 4.05. The number of fused-ring (bicyclic) bond motifs is 2. The van der Waals surface area contributed by atoms with Gasteiger partial charge >= 0.3 is 0 Å². The average Bonchev–Trinajstić information content (AvgIpc) is 2.77. The van der Waals surface area contributed by atoms with Crippen molar-refractivity contribution in [2.45, 2.75) is 58.0 Å². The second-order valence-electron chi connectivity index (χ2n) is 6.87.